The van der Waals surface area contributed by atoms with E-state index < -0.39 is 5.97 Å². The molecule has 0 fully saturated rings. The van der Waals surface area contributed by atoms with Gasteiger partial charge in [-0.25, -0.2) is 4.39 Å². The van der Waals surface area contributed by atoms with Crippen molar-refractivity contribution in [2.24, 2.45) is 0 Å². The normalized spacial score (nSPS) is 12.9. The van der Waals surface area contributed by atoms with Crippen LogP contribution in [-0.2, 0) is 20.9 Å². The molecule has 0 atom stereocenters. The number of esters is 1. The minimum atomic E-state index is -0.426. The standard InChI is InChI=1S/C21H20FNO5/c1-2-27-21(26)10-8-18(24)15-5-9-19-17(11-15)23(20(25)13-28-19)12-14-3-6-16(22)7-4-14/h3-7,9,11H,2,8,10,12-13H2,1H3. The van der Waals surface area contributed by atoms with E-state index in [9.17, 15) is 18.8 Å². The molecule has 0 spiro atoms. The maximum atomic E-state index is 13.1. The van der Waals surface area contributed by atoms with Crippen LogP contribution in [0.3, 0.4) is 0 Å². The van der Waals surface area contributed by atoms with Crippen molar-refractivity contribution in [1.82, 2.24) is 0 Å². The van der Waals surface area contributed by atoms with Gasteiger partial charge >= 0.3 is 5.97 Å². The SMILES string of the molecule is CCOC(=O)CCC(=O)c1ccc2c(c1)N(Cc1ccc(F)cc1)C(=O)CO2. The number of ketones is 1. The number of hydrogen-bond donors (Lipinski definition) is 0. The van der Waals surface area contributed by atoms with Crippen LogP contribution in [0.25, 0.3) is 0 Å². The van der Waals surface area contributed by atoms with Gasteiger partial charge in [0.05, 0.1) is 25.3 Å². The van der Waals surface area contributed by atoms with Crippen molar-refractivity contribution >= 4 is 23.3 Å². The van der Waals surface area contributed by atoms with Crippen LogP contribution in [0.2, 0.25) is 0 Å². The molecule has 6 nitrogen and oxygen atoms in total. The van der Waals surface area contributed by atoms with Gasteiger partial charge in [0.25, 0.3) is 5.91 Å². The maximum Gasteiger partial charge on any atom is 0.306 e. The Kier molecular flexibility index (Phi) is 6.03. The lowest BCUT2D eigenvalue weighted by atomic mass is 10.0. The quantitative estimate of drug-likeness (QED) is 0.540. The van der Waals surface area contributed by atoms with E-state index in [0.29, 0.717) is 17.0 Å². The first-order valence-corrected chi connectivity index (χ1v) is 8.98. The third-order valence-electron chi connectivity index (χ3n) is 4.34. The Morgan fingerprint density at radius 3 is 2.61 bits per heavy atom. The second-order valence-corrected chi connectivity index (χ2v) is 6.31. The van der Waals surface area contributed by atoms with E-state index in [4.69, 9.17) is 9.47 Å². The number of carbonyl (C=O) groups is 3. The fourth-order valence-corrected chi connectivity index (χ4v) is 2.91. The van der Waals surface area contributed by atoms with Crippen LogP contribution in [0.1, 0.15) is 35.7 Å². The highest BCUT2D eigenvalue weighted by molar-refractivity contribution is 6.02. The van der Waals surface area contributed by atoms with Crippen LogP contribution >= 0.6 is 0 Å². The Bertz CT molecular complexity index is 894. The molecule has 0 saturated heterocycles. The van der Waals surface area contributed by atoms with Gasteiger partial charge in [-0.1, -0.05) is 12.1 Å². The van der Waals surface area contributed by atoms with Crippen LogP contribution in [0, 0.1) is 5.82 Å². The topological polar surface area (TPSA) is 72.9 Å². The van der Waals surface area contributed by atoms with Crippen molar-refractivity contribution in [2.45, 2.75) is 26.3 Å². The molecule has 1 heterocycles. The zero-order chi connectivity index (χ0) is 20.1. The number of ether oxygens (including phenoxy) is 2. The number of nitrogens with zero attached hydrogens (tertiary/aromatic N) is 1. The predicted molar refractivity (Wildman–Crippen MR) is 99.7 cm³/mol. The highest BCUT2D eigenvalue weighted by Crippen LogP contribution is 2.34. The molecule has 28 heavy (non-hydrogen) atoms. The summed E-state index contributed by atoms with van der Waals surface area (Å²) in [6.45, 7) is 2.10. The van der Waals surface area contributed by atoms with Crippen LogP contribution in [-0.4, -0.2) is 30.9 Å². The van der Waals surface area contributed by atoms with Gasteiger partial charge in [0, 0.05) is 12.0 Å². The second kappa shape index (κ2) is 8.65. The molecule has 0 unspecified atom stereocenters. The molecule has 2 aromatic carbocycles. The van der Waals surface area contributed by atoms with E-state index in [0.717, 1.165) is 5.56 Å². The first kappa shape index (κ1) is 19.5. The molecule has 146 valence electrons. The summed E-state index contributed by atoms with van der Waals surface area (Å²) in [5.74, 6) is -0.774. The number of amides is 1. The molecule has 2 aromatic rings. The zero-order valence-corrected chi connectivity index (χ0v) is 15.4. The van der Waals surface area contributed by atoms with Crippen molar-refractivity contribution in [1.29, 1.82) is 0 Å². The molecule has 7 heteroatoms. The van der Waals surface area contributed by atoms with Crippen LogP contribution in [0.4, 0.5) is 10.1 Å². The summed E-state index contributed by atoms with van der Waals surface area (Å²) in [6, 6.07) is 10.7. The highest BCUT2D eigenvalue weighted by Gasteiger charge is 2.26. The maximum absolute atomic E-state index is 13.1. The fraction of sp³-hybridized carbons (Fsp3) is 0.286. The van der Waals surface area contributed by atoms with E-state index in [1.807, 2.05) is 0 Å². The first-order valence-electron chi connectivity index (χ1n) is 8.98. The highest BCUT2D eigenvalue weighted by atomic mass is 19.1. The molecular weight excluding hydrogens is 365 g/mol. The van der Waals surface area contributed by atoms with Crippen molar-refractivity contribution < 1.29 is 28.2 Å². The molecule has 1 amide bonds. The van der Waals surface area contributed by atoms with Gasteiger partial charge in [-0.2, -0.15) is 0 Å². The van der Waals surface area contributed by atoms with Crippen LogP contribution in [0.15, 0.2) is 42.5 Å². The summed E-state index contributed by atoms with van der Waals surface area (Å²) in [5.41, 5.74) is 1.61. The molecule has 3 rings (SSSR count). The molecule has 1 aliphatic heterocycles. The number of benzene rings is 2. The Hall–Kier alpha value is -3.22. The average Bonchev–Trinajstić information content (AvgIpc) is 2.69. The number of hydrogen-bond acceptors (Lipinski definition) is 5. The number of Topliss-reactive ketones (excluding diaryl/α,β-unsaturated/α-hetero) is 1. The lowest BCUT2D eigenvalue weighted by molar-refractivity contribution is -0.143. The number of rotatable bonds is 7. The Labute approximate surface area is 161 Å². The third kappa shape index (κ3) is 4.54. The van der Waals surface area contributed by atoms with Gasteiger partial charge in [0.15, 0.2) is 12.4 Å². The number of carbonyl (C=O) groups excluding carboxylic acids is 3. The summed E-state index contributed by atoms with van der Waals surface area (Å²) in [7, 11) is 0. The second-order valence-electron chi connectivity index (χ2n) is 6.31. The van der Waals surface area contributed by atoms with Crippen molar-refractivity contribution in [2.75, 3.05) is 18.1 Å². The summed E-state index contributed by atoms with van der Waals surface area (Å²) < 4.78 is 23.4. The first-order chi connectivity index (χ1) is 13.5. The lowest BCUT2D eigenvalue weighted by Crippen LogP contribution is -2.38. The third-order valence-corrected chi connectivity index (χ3v) is 4.34. The smallest absolute Gasteiger partial charge is 0.306 e. The summed E-state index contributed by atoms with van der Waals surface area (Å²) in [6.07, 6.45) is 0.0167. The lowest BCUT2D eigenvalue weighted by Gasteiger charge is -2.30. The zero-order valence-electron chi connectivity index (χ0n) is 15.4. The summed E-state index contributed by atoms with van der Waals surface area (Å²) in [5, 5.41) is 0. The van der Waals surface area contributed by atoms with E-state index >= 15 is 0 Å². The largest absolute Gasteiger partial charge is 0.482 e. The van der Waals surface area contributed by atoms with Crippen molar-refractivity contribution in [3.05, 3.63) is 59.4 Å². The number of halogens is 1. The van der Waals surface area contributed by atoms with Crippen molar-refractivity contribution in [3.8, 4) is 5.75 Å². The molecule has 0 radical (unpaired) electrons. The number of anilines is 1. The van der Waals surface area contributed by atoms with Gasteiger partial charge < -0.3 is 14.4 Å². The molecular formula is C21H20FNO5. The van der Waals surface area contributed by atoms with E-state index in [1.165, 1.54) is 17.0 Å². The molecule has 0 saturated carbocycles. The molecule has 0 aromatic heterocycles. The number of fused-ring (bicyclic) bond motifs is 1. The Morgan fingerprint density at radius 1 is 1.14 bits per heavy atom. The van der Waals surface area contributed by atoms with E-state index in [-0.39, 0.29) is 50.1 Å². The fourth-order valence-electron chi connectivity index (χ4n) is 2.91. The molecule has 0 aliphatic carbocycles. The summed E-state index contributed by atoms with van der Waals surface area (Å²) in [4.78, 5) is 37.8. The Balaban J connectivity index is 1.80. The van der Waals surface area contributed by atoms with Crippen LogP contribution in [0.5, 0.6) is 5.75 Å². The van der Waals surface area contributed by atoms with Crippen molar-refractivity contribution in [3.63, 3.8) is 0 Å². The minimum Gasteiger partial charge on any atom is -0.482 e. The monoisotopic (exact) mass is 385 g/mol. The van der Waals surface area contributed by atoms with E-state index in [2.05, 4.69) is 0 Å². The molecule has 0 N–H and O–H groups in total. The Morgan fingerprint density at radius 2 is 1.89 bits per heavy atom. The van der Waals surface area contributed by atoms with Gasteiger partial charge in [0.2, 0.25) is 0 Å². The summed E-state index contributed by atoms with van der Waals surface area (Å²) >= 11 is 0. The molecule has 0 bridgehead atoms. The predicted octanol–water partition coefficient (Wildman–Crippen LogP) is 3.28. The van der Waals surface area contributed by atoms with Gasteiger partial charge in [-0.05, 0) is 42.8 Å². The van der Waals surface area contributed by atoms with Gasteiger partial charge in [-0.15, -0.1) is 0 Å². The van der Waals surface area contributed by atoms with E-state index in [1.54, 1.807) is 37.3 Å². The van der Waals surface area contributed by atoms with Gasteiger partial charge in [0.1, 0.15) is 11.6 Å². The van der Waals surface area contributed by atoms with Crippen LogP contribution < -0.4 is 9.64 Å². The average molecular weight is 385 g/mol. The minimum absolute atomic E-state index is 0.00151. The van der Waals surface area contributed by atoms with Gasteiger partial charge in [-0.3, -0.25) is 14.4 Å². The molecule has 1 aliphatic rings.